The fourth-order valence-electron chi connectivity index (χ4n) is 1.95. The van der Waals surface area contributed by atoms with E-state index in [9.17, 15) is 14.9 Å². The van der Waals surface area contributed by atoms with Gasteiger partial charge in [-0.05, 0) is 52.2 Å². The minimum atomic E-state index is -0.735. The molecule has 136 valence electrons. The molecule has 0 radical (unpaired) electrons. The summed E-state index contributed by atoms with van der Waals surface area (Å²) >= 11 is 3.37. The molecule has 0 heterocycles. The molecular formula is C17H16BrN3O5. The highest BCUT2D eigenvalue weighted by Gasteiger charge is 2.10. The monoisotopic (exact) mass is 421 g/mol. The highest BCUT2D eigenvalue weighted by molar-refractivity contribution is 9.10. The van der Waals surface area contributed by atoms with Gasteiger partial charge in [0.25, 0.3) is 5.69 Å². The number of halogens is 1. The summed E-state index contributed by atoms with van der Waals surface area (Å²) in [5.41, 5.74) is 7.13. The minimum absolute atomic E-state index is 0.0772. The van der Waals surface area contributed by atoms with E-state index >= 15 is 0 Å². The van der Waals surface area contributed by atoms with E-state index in [1.807, 2.05) is 19.1 Å². The molecule has 2 rings (SSSR count). The number of hydrogen-bond donors (Lipinski definition) is 1. The Morgan fingerprint density at radius 2 is 1.96 bits per heavy atom. The van der Waals surface area contributed by atoms with Crippen molar-refractivity contribution in [2.24, 2.45) is 10.9 Å². The smallest absolute Gasteiger partial charge is 0.372 e. The van der Waals surface area contributed by atoms with E-state index in [1.54, 1.807) is 6.07 Å². The highest BCUT2D eigenvalue weighted by Crippen LogP contribution is 2.26. The lowest BCUT2D eigenvalue weighted by Gasteiger charge is -2.08. The van der Waals surface area contributed by atoms with Gasteiger partial charge >= 0.3 is 5.97 Å². The van der Waals surface area contributed by atoms with Gasteiger partial charge in [-0.1, -0.05) is 18.1 Å². The van der Waals surface area contributed by atoms with Crippen LogP contribution in [-0.4, -0.2) is 23.3 Å². The second-order valence-corrected chi connectivity index (χ2v) is 6.01. The number of hydrogen-bond acceptors (Lipinski definition) is 6. The first kappa shape index (κ1) is 19.4. The summed E-state index contributed by atoms with van der Waals surface area (Å²) in [7, 11) is 0. The molecule has 0 aliphatic rings. The van der Waals surface area contributed by atoms with Crippen molar-refractivity contribution in [1.29, 1.82) is 0 Å². The second kappa shape index (κ2) is 8.95. The third-order valence-electron chi connectivity index (χ3n) is 3.37. The van der Waals surface area contributed by atoms with E-state index in [-0.39, 0.29) is 18.1 Å². The fraction of sp³-hybridized carbons (Fsp3) is 0.176. The SMILES string of the molecule is CCc1ccc(OCC(=O)O/N=C(\N)c2ccc([N+](=O)[O-])cc2)c(Br)c1. The van der Waals surface area contributed by atoms with E-state index in [0.717, 1.165) is 16.5 Å². The van der Waals surface area contributed by atoms with Gasteiger partial charge in [0.05, 0.1) is 9.40 Å². The average Bonchev–Trinajstić information content (AvgIpc) is 2.65. The van der Waals surface area contributed by atoms with Crippen LogP contribution in [-0.2, 0) is 16.1 Å². The molecule has 0 atom stereocenters. The Kier molecular flexibility index (Phi) is 6.67. The van der Waals surface area contributed by atoms with E-state index in [4.69, 9.17) is 15.3 Å². The van der Waals surface area contributed by atoms with E-state index in [2.05, 4.69) is 21.1 Å². The molecule has 9 heteroatoms. The number of carbonyl (C=O) groups excluding carboxylic acids is 1. The molecular weight excluding hydrogens is 406 g/mol. The lowest BCUT2D eigenvalue weighted by Crippen LogP contribution is -2.18. The van der Waals surface area contributed by atoms with Crippen molar-refractivity contribution in [3.63, 3.8) is 0 Å². The zero-order valence-electron chi connectivity index (χ0n) is 13.8. The molecule has 0 bridgehead atoms. The van der Waals surface area contributed by atoms with Gasteiger partial charge < -0.3 is 15.3 Å². The van der Waals surface area contributed by atoms with Gasteiger partial charge in [0.1, 0.15) is 5.75 Å². The first-order valence-corrected chi connectivity index (χ1v) is 8.39. The number of benzene rings is 2. The number of ether oxygens (including phenoxy) is 1. The number of oxime groups is 1. The number of nitro benzene ring substituents is 1. The van der Waals surface area contributed by atoms with E-state index in [1.165, 1.54) is 24.3 Å². The average molecular weight is 422 g/mol. The van der Waals surface area contributed by atoms with Crippen LogP contribution in [0.2, 0.25) is 0 Å². The molecule has 2 aromatic rings. The van der Waals surface area contributed by atoms with Crippen LogP contribution in [0.3, 0.4) is 0 Å². The predicted octanol–water partition coefficient (Wildman–Crippen LogP) is 3.16. The van der Waals surface area contributed by atoms with Gasteiger partial charge in [-0.3, -0.25) is 10.1 Å². The van der Waals surface area contributed by atoms with E-state index in [0.29, 0.717) is 11.3 Å². The Balaban J connectivity index is 1.91. The second-order valence-electron chi connectivity index (χ2n) is 5.15. The maximum Gasteiger partial charge on any atom is 0.372 e. The summed E-state index contributed by atoms with van der Waals surface area (Å²) < 4.78 is 6.11. The third kappa shape index (κ3) is 5.28. The van der Waals surface area contributed by atoms with Gasteiger partial charge in [-0.25, -0.2) is 4.79 Å². The normalized spacial score (nSPS) is 11.1. The van der Waals surface area contributed by atoms with Crippen LogP contribution in [0.4, 0.5) is 5.69 Å². The topological polar surface area (TPSA) is 117 Å². The highest BCUT2D eigenvalue weighted by atomic mass is 79.9. The standard InChI is InChI=1S/C17H16BrN3O5/c1-2-11-3-8-15(14(18)9-11)25-10-16(22)26-20-17(19)12-4-6-13(7-5-12)21(23)24/h3-9H,2,10H2,1H3,(H2,19,20). The van der Waals surface area contributed by atoms with Crippen LogP contribution in [0.25, 0.3) is 0 Å². The van der Waals surface area contributed by atoms with Crippen LogP contribution in [0, 0.1) is 10.1 Å². The number of amidine groups is 1. The molecule has 0 aliphatic carbocycles. The van der Waals surface area contributed by atoms with Crippen molar-refractivity contribution in [1.82, 2.24) is 0 Å². The van der Waals surface area contributed by atoms with E-state index < -0.39 is 10.9 Å². The fourth-order valence-corrected chi connectivity index (χ4v) is 2.49. The van der Waals surface area contributed by atoms with Gasteiger partial charge in [0.2, 0.25) is 0 Å². The summed E-state index contributed by atoms with van der Waals surface area (Å²) in [6.07, 6.45) is 0.886. The molecule has 0 aromatic heterocycles. The summed E-state index contributed by atoms with van der Waals surface area (Å²) in [5, 5.41) is 14.1. The van der Waals surface area contributed by atoms with Crippen molar-refractivity contribution in [3.8, 4) is 5.75 Å². The first-order valence-electron chi connectivity index (χ1n) is 7.60. The molecule has 0 spiro atoms. The lowest BCUT2D eigenvalue weighted by atomic mass is 10.2. The maximum absolute atomic E-state index is 11.7. The number of non-ortho nitro benzene ring substituents is 1. The maximum atomic E-state index is 11.7. The van der Waals surface area contributed by atoms with Crippen molar-refractivity contribution in [2.75, 3.05) is 6.61 Å². The van der Waals surface area contributed by atoms with Crippen molar-refractivity contribution >= 4 is 33.4 Å². The molecule has 0 fully saturated rings. The molecule has 0 unspecified atom stereocenters. The van der Waals surface area contributed by atoms with Crippen LogP contribution in [0.1, 0.15) is 18.1 Å². The Bertz CT molecular complexity index is 837. The Morgan fingerprint density at radius 1 is 1.27 bits per heavy atom. The molecule has 0 aliphatic heterocycles. The number of nitrogens with zero attached hydrogens (tertiary/aromatic N) is 2. The Hall–Kier alpha value is -2.94. The zero-order valence-corrected chi connectivity index (χ0v) is 15.4. The summed E-state index contributed by atoms with van der Waals surface area (Å²) in [5.74, 6) is -0.311. The molecule has 8 nitrogen and oxygen atoms in total. The lowest BCUT2D eigenvalue weighted by molar-refractivity contribution is -0.384. The van der Waals surface area contributed by atoms with Crippen LogP contribution in [0.5, 0.6) is 5.75 Å². The molecule has 0 saturated heterocycles. The van der Waals surface area contributed by atoms with Gasteiger partial charge in [0.15, 0.2) is 12.4 Å². The minimum Gasteiger partial charge on any atom is -0.481 e. The molecule has 2 aromatic carbocycles. The summed E-state index contributed by atoms with van der Waals surface area (Å²) in [6, 6.07) is 10.9. The van der Waals surface area contributed by atoms with Crippen molar-refractivity contribution < 1.29 is 19.3 Å². The zero-order chi connectivity index (χ0) is 19.1. The number of carbonyl (C=O) groups is 1. The number of aryl methyl sites for hydroxylation is 1. The summed E-state index contributed by atoms with van der Waals surface area (Å²) in [6.45, 7) is 1.69. The number of rotatable bonds is 7. The van der Waals surface area contributed by atoms with Gasteiger partial charge in [-0.2, -0.15) is 0 Å². The molecule has 26 heavy (non-hydrogen) atoms. The number of nitrogens with two attached hydrogens (primary N) is 1. The Morgan fingerprint density at radius 3 is 2.54 bits per heavy atom. The van der Waals surface area contributed by atoms with Crippen molar-refractivity contribution in [2.45, 2.75) is 13.3 Å². The molecule has 0 amide bonds. The first-order chi connectivity index (χ1) is 12.4. The summed E-state index contributed by atoms with van der Waals surface area (Å²) in [4.78, 5) is 26.5. The quantitative estimate of drug-likeness (QED) is 0.241. The Labute approximate surface area is 157 Å². The van der Waals surface area contributed by atoms with Crippen LogP contribution >= 0.6 is 15.9 Å². The molecule has 0 saturated carbocycles. The third-order valence-corrected chi connectivity index (χ3v) is 3.99. The van der Waals surface area contributed by atoms with Crippen LogP contribution < -0.4 is 10.5 Å². The van der Waals surface area contributed by atoms with Gasteiger partial charge in [-0.15, -0.1) is 0 Å². The molecule has 2 N–H and O–H groups in total. The largest absolute Gasteiger partial charge is 0.481 e. The van der Waals surface area contributed by atoms with Crippen LogP contribution in [0.15, 0.2) is 52.1 Å². The van der Waals surface area contributed by atoms with Gasteiger partial charge in [0, 0.05) is 17.7 Å². The number of nitro groups is 1. The van der Waals surface area contributed by atoms with Crippen molar-refractivity contribution in [3.05, 3.63) is 68.2 Å². The predicted molar refractivity (Wildman–Crippen MR) is 98.9 cm³/mol.